The number of nitrogens with zero attached hydrogens (tertiary/aromatic N) is 1. The minimum Gasteiger partial charge on any atom is -0.480 e. The highest BCUT2D eigenvalue weighted by atomic mass is 32.2. The van der Waals surface area contributed by atoms with Gasteiger partial charge in [-0.3, -0.25) is 14.5 Å². The molecule has 0 aromatic heterocycles. The molecule has 26 heavy (non-hydrogen) atoms. The van der Waals surface area contributed by atoms with Crippen LogP contribution < -0.4 is 5.32 Å². The maximum Gasteiger partial charge on any atom is 0.326 e. The third kappa shape index (κ3) is 5.40. The van der Waals surface area contributed by atoms with Gasteiger partial charge in [-0.2, -0.15) is 0 Å². The zero-order valence-corrected chi connectivity index (χ0v) is 15.9. The summed E-state index contributed by atoms with van der Waals surface area (Å²) in [6.45, 7) is 1.66. The molecule has 0 aliphatic carbocycles. The average molecular weight is 393 g/mol. The number of carboxylic acid groups (broad SMARTS) is 1. The van der Waals surface area contributed by atoms with Crippen LogP contribution in [0.15, 0.2) is 35.2 Å². The Balaban J connectivity index is 2.01. The Morgan fingerprint density at radius 2 is 2.04 bits per heavy atom. The van der Waals surface area contributed by atoms with Crippen LogP contribution in [0.3, 0.4) is 0 Å². The molecule has 1 heterocycles. The predicted molar refractivity (Wildman–Crippen MR) is 105 cm³/mol. The first kappa shape index (κ1) is 20.1. The number of rotatable bonds is 8. The molecule has 1 aromatic carbocycles. The van der Waals surface area contributed by atoms with Gasteiger partial charge in [0.2, 0.25) is 5.91 Å². The molecular weight excluding hydrogens is 372 g/mol. The molecule has 138 valence electrons. The minimum atomic E-state index is -1.08. The Bertz CT molecular complexity index is 734. The zero-order valence-electron chi connectivity index (χ0n) is 14.3. The van der Waals surface area contributed by atoms with Crippen molar-refractivity contribution in [3.63, 3.8) is 0 Å². The summed E-state index contributed by atoms with van der Waals surface area (Å²) in [6, 6.07) is 8.38. The highest BCUT2D eigenvalue weighted by molar-refractivity contribution is 8.26. The Morgan fingerprint density at radius 1 is 1.35 bits per heavy atom. The fourth-order valence-corrected chi connectivity index (χ4v) is 3.64. The molecule has 0 unspecified atom stereocenters. The third-order valence-electron chi connectivity index (χ3n) is 3.75. The van der Waals surface area contributed by atoms with E-state index in [-0.39, 0.29) is 16.8 Å². The van der Waals surface area contributed by atoms with Crippen molar-refractivity contribution >= 4 is 52.2 Å². The number of carbonyl (C=O) groups is 3. The van der Waals surface area contributed by atoms with Crippen molar-refractivity contribution in [1.82, 2.24) is 10.2 Å². The number of hydrogen-bond donors (Lipinski definition) is 2. The molecule has 1 aromatic rings. The lowest BCUT2D eigenvalue weighted by molar-refractivity contribution is -0.142. The predicted octanol–water partition coefficient (Wildman–Crippen LogP) is 2.65. The highest BCUT2D eigenvalue weighted by Gasteiger charge is 2.34. The van der Waals surface area contributed by atoms with Gasteiger partial charge in [-0.25, -0.2) is 4.79 Å². The van der Waals surface area contributed by atoms with Crippen molar-refractivity contribution in [2.45, 2.75) is 32.2 Å². The Morgan fingerprint density at radius 3 is 2.65 bits per heavy atom. The van der Waals surface area contributed by atoms with Gasteiger partial charge in [0.15, 0.2) is 0 Å². The smallest absolute Gasteiger partial charge is 0.326 e. The van der Waals surface area contributed by atoms with E-state index in [2.05, 4.69) is 5.32 Å². The van der Waals surface area contributed by atoms with E-state index in [1.54, 1.807) is 6.08 Å². The molecule has 1 atom stereocenters. The molecule has 1 aliphatic heterocycles. The van der Waals surface area contributed by atoms with Gasteiger partial charge in [0.05, 0.1) is 4.91 Å². The lowest BCUT2D eigenvalue weighted by Crippen LogP contribution is -2.46. The Hall–Kier alpha value is -2.19. The van der Waals surface area contributed by atoms with Gasteiger partial charge in [-0.05, 0) is 18.1 Å². The first-order valence-electron chi connectivity index (χ1n) is 8.25. The van der Waals surface area contributed by atoms with Crippen LogP contribution >= 0.6 is 24.0 Å². The summed E-state index contributed by atoms with van der Waals surface area (Å²) >= 11 is 6.33. The Kier molecular flexibility index (Phi) is 7.35. The second kappa shape index (κ2) is 9.49. The molecule has 1 saturated heterocycles. The first-order chi connectivity index (χ1) is 12.4. The molecule has 2 amide bonds. The molecule has 6 nitrogen and oxygen atoms in total. The van der Waals surface area contributed by atoms with E-state index in [0.29, 0.717) is 17.7 Å². The fraction of sp³-hybridized carbons (Fsp3) is 0.333. The number of hydrogen-bond acceptors (Lipinski definition) is 5. The van der Waals surface area contributed by atoms with Gasteiger partial charge in [0.25, 0.3) is 5.91 Å². The number of thioether (sulfide) groups is 1. The van der Waals surface area contributed by atoms with Crippen molar-refractivity contribution in [3.8, 4) is 0 Å². The van der Waals surface area contributed by atoms with Crippen LogP contribution in [0, 0.1) is 0 Å². The van der Waals surface area contributed by atoms with Gasteiger partial charge in [0.1, 0.15) is 16.9 Å². The number of nitrogens with one attached hydrogen (secondary N) is 1. The molecule has 0 radical (unpaired) electrons. The molecule has 2 N–H and O–H groups in total. The molecule has 1 aliphatic rings. The van der Waals surface area contributed by atoms with Crippen molar-refractivity contribution < 1.29 is 19.5 Å². The lowest BCUT2D eigenvalue weighted by atomic mass is 10.1. The summed E-state index contributed by atoms with van der Waals surface area (Å²) in [6.07, 6.45) is 3.60. The number of benzene rings is 1. The van der Waals surface area contributed by atoms with Crippen LogP contribution in [-0.2, 0) is 14.4 Å². The SMILES string of the molecule is CCCC[C@H](NC(=O)CN1C(=O)/C(=C/c2ccccc2)SC1=S)C(=O)O. The van der Waals surface area contributed by atoms with Crippen LogP contribution in [0.4, 0.5) is 0 Å². The fourth-order valence-electron chi connectivity index (χ4n) is 2.39. The third-order valence-corrected chi connectivity index (χ3v) is 5.13. The number of aliphatic carboxylic acids is 1. The summed E-state index contributed by atoms with van der Waals surface area (Å²) in [5, 5.41) is 11.6. The van der Waals surface area contributed by atoms with E-state index in [1.165, 1.54) is 4.90 Å². The van der Waals surface area contributed by atoms with E-state index in [1.807, 2.05) is 37.3 Å². The molecule has 0 spiro atoms. The molecule has 0 bridgehead atoms. The van der Waals surface area contributed by atoms with E-state index in [9.17, 15) is 19.5 Å². The quantitative estimate of drug-likeness (QED) is 0.522. The van der Waals surface area contributed by atoms with Crippen molar-refractivity contribution in [2.75, 3.05) is 6.54 Å². The second-order valence-electron chi connectivity index (χ2n) is 5.78. The number of unbranched alkanes of at least 4 members (excludes halogenated alkanes) is 1. The second-order valence-corrected chi connectivity index (χ2v) is 7.45. The van der Waals surface area contributed by atoms with E-state index in [4.69, 9.17) is 12.2 Å². The van der Waals surface area contributed by atoms with Crippen LogP contribution in [-0.4, -0.2) is 44.7 Å². The van der Waals surface area contributed by atoms with E-state index >= 15 is 0 Å². The van der Waals surface area contributed by atoms with Crippen LogP contribution in [0.1, 0.15) is 31.7 Å². The molecule has 8 heteroatoms. The highest BCUT2D eigenvalue weighted by Crippen LogP contribution is 2.32. The maximum atomic E-state index is 12.5. The molecule has 2 rings (SSSR count). The normalized spacial score (nSPS) is 16.8. The van der Waals surface area contributed by atoms with E-state index < -0.39 is 17.9 Å². The number of carbonyl (C=O) groups excluding carboxylic acids is 2. The number of thiocarbonyl (C=S) groups is 1. The van der Waals surface area contributed by atoms with Gasteiger partial charge in [-0.1, -0.05) is 74.1 Å². The van der Waals surface area contributed by atoms with Gasteiger partial charge in [-0.15, -0.1) is 0 Å². The van der Waals surface area contributed by atoms with Gasteiger partial charge < -0.3 is 10.4 Å². The summed E-state index contributed by atoms with van der Waals surface area (Å²) in [4.78, 5) is 37.5. The summed E-state index contributed by atoms with van der Waals surface area (Å²) < 4.78 is 0.285. The van der Waals surface area contributed by atoms with Crippen LogP contribution in [0.25, 0.3) is 6.08 Å². The maximum absolute atomic E-state index is 12.5. The largest absolute Gasteiger partial charge is 0.480 e. The molecule has 0 saturated carbocycles. The number of amides is 2. The Labute approximate surface area is 161 Å². The summed E-state index contributed by atoms with van der Waals surface area (Å²) in [7, 11) is 0. The van der Waals surface area contributed by atoms with E-state index in [0.717, 1.165) is 23.7 Å². The zero-order chi connectivity index (χ0) is 19.1. The van der Waals surface area contributed by atoms with Crippen LogP contribution in [0.5, 0.6) is 0 Å². The standard InChI is InChI=1S/C18H20N2O4S2/c1-2-3-9-13(17(23)24)19-15(21)11-20-16(22)14(26-18(20)25)10-12-7-5-4-6-8-12/h4-8,10,13H,2-3,9,11H2,1H3,(H,19,21)(H,23,24)/b14-10-/t13-/m0/s1. The lowest BCUT2D eigenvalue weighted by Gasteiger charge is -2.17. The van der Waals surface area contributed by atoms with Crippen LogP contribution in [0.2, 0.25) is 0 Å². The van der Waals surface area contributed by atoms with Crippen molar-refractivity contribution in [3.05, 3.63) is 40.8 Å². The topological polar surface area (TPSA) is 86.7 Å². The minimum absolute atomic E-state index is 0.285. The summed E-state index contributed by atoms with van der Waals surface area (Å²) in [5.74, 6) is -1.97. The molecule has 1 fully saturated rings. The average Bonchev–Trinajstić information content (AvgIpc) is 2.86. The number of carboxylic acids is 1. The van der Waals surface area contributed by atoms with Crippen molar-refractivity contribution in [1.29, 1.82) is 0 Å². The van der Waals surface area contributed by atoms with Gasteiger partial charge in [0, 0.05) is 0 Å². The first-order valence-corrected chi connectivity index (χ1v) is 9.47. The van der Waals surface area contributed by atoms with Gasteiger partial charge >= 0.3 is 5.97 Å². The molecular formula is C18H20N2O4S2. The monoisotopic (exact) mass is 392 g/mol. The van der Waals surface area contributed by atoms with Crippen molar-refractivity contribution in [2.24, 2.45) is 0 Å². The summed E-state index contributed by atoms with van der Waals surface area (Å²) in [5.41, 5.74) is 0.864.